The standard InChI is InChI=1S/C26H23N5O2/c1-17(32)29-24(14-18-15-27-22-7-3-2-6-21(18)22)26(33)30-19-10-12-20(13-11-19)31-16-28-23-8-4-5-9-25(23)31/h2-13,15-16,24,27H,14H2,1H3,(H,29,32)(H,30,33)/t24-/m1/s1. The Balaban J connectivity index is 1.34. The van der Waals surface area contributed by atoms with Gasteiger partial charge in [-0.15, -0.1) is 0 Å². The molecule has 1 atom stereocenters. The average Bonchev–Trinajstić information content (AvgIpc) is 3.43. The molecule has 164 valence electrons. The first-order valence-corrected chi connectivity index (χ1v) is 10.7. The van der Waals surface area contributed by atoms with Crippen LogP contribution in [0, 0.1) is 0 Å². The van der Waals surface area contributed by atoms with Crippen molar-refractivity contribution >= 4 is 39.4 Å². The van der Waals surface area contributed by atoms with Crippen molar-refractivity contribution in [3.8, 4) is 5.69 Å². The fourth-order valence-electron chi connectivity index (χ4n) is 4.07. The number of imidazole rings is 1. The number of nitrogens with zero attached hydrogens (tertiary/aromatic N) is 2. The number of rotatable bonds is 6. The van der Waals surface area contributed by atoms with Gasteiger partial charge in [0.25, 0.3) is 0 Å². The van der Waals surface area contributed by atoms with Crippen molar-refractivity contribution in [3.05, 3.63) is 90.9 Å². The summed E-state index contributed by atoms with van der Waals surface area (Å²) in [5.41, 5.74) is 5.50. The SMILES string of the molecule is CC(=O)N[C@H](Cc1c[nH]c2ccccc12)C(=O)Nc1ccc(-n2cnc3ccccc32)cc1. The second kappa shape index (κ2) is 8.63. The van der Waals surface area contributed by atoms with Crippen molar-refractivity contribution < 1.29 is 9.59 Å². The number of hydrogen-bond donors (Lipinski definition) is 3. The Kier molecular flexibility index (Phi) is 5.36. The van der Waals surface area contributed by atoms with Crippen LogP contribution in [0.1, 0.15) is 12.5 Å². The molecule has 0 unspecified atom stereocenters. The molecule has 0 spiro atoms. The van der Waals surface area contributed by atoms with Crippen LogP contribution in [0.2, 0.25) is 0 Å². The monoisotopic (exact) mass is 437 g/mol. The van der Waals surface area contributed by atoms with E-state index in [0.29, 0.717) is 12.1 Å². The molecular weight excluding hydrogens is 414 g/mol. The van der Waals surface area contributed by atoms with E-state index in [1.807, 2.05) is 83.6 Å². The smallest absolute Gasteiger partial charge is 0.247 e. The lowest BCUT2D eigenvalue weighted by atomic mass is 10.0. The number of fused-ring (bicyclic) bond motifs is 2. The van der Waals surface area contributed by atoms with E-state index in [0.717, 1.165) is 33.2 Å². The van der Waals surface area contributed by atoms with Crippen LogP contribution >= 0.6 is 0 Å². The molecule has 33 heavy (non-hydrogen) atoms. The number of amides is 2. The summed E-state index contributed by atoms with van der Waals surface area (Å²) in [5, 5.41) is 6.75. The van der Waals surface area contributed by atoms with E-state index in [2.05, 4.69) is 20.6 Å². The first-order valence-electron chi connectivity index (χ1n) is 10.7. The minimum Gasteiger partial charge on any atom is -0.361 e. The van der Waals surface area contributed by atoms with Gasteiger partial charge in [-0.2, -0.15) is 0 Å². The summed E-state index contributed by atoms with van der Waals surface area (Å²) >= 11 is 0. The van der Waals surface area contributed by atoms with E-state index in [1.165, 1.54) is 6.92 Å². The lowest BCUT2D eigenvalue weighted by Gasteiger charge is -2.18. The number of benzene rings is 3. The minimum atomic E-state index is -0.695. The summed E-state index contributed by atoms with van der Waals surface area (Å²) in [7, 11) is 0. The van der Waals surface area contributed by atoms with E-state index >= 15 is 0 Å². The van der Waals surface area contributed by atoms with Crippen LogP contribution < -0.4 is 10.6 Å². The second-order valence-corrected chi connectivity index (χ2v) is 7.96. The van der Waals surface area contributed by atoms with Crippen LogP contribution in [-0.4, -0.2) is 32.4 Å². The maximum Gasteiger partial charge on any atom is 0.247 e. The van der Waals surface area contributed by atoms with Gasteiger partial charge in [-0.05, 0) is 48.0 Å². The van der Waals surface area contributed by atoms with Gasteiger partial charge in [-0.3, -0.25) is 14.2 Å². The highest BCUT2D eigenvalue weighted by atomic mass is 16.2. The van der Waals surface area contributed by atoms with Gasteiger partial charge in [-0.1, -0.05) is 30.3 Å². The number of hydrogen-bond acceptors (Lipinski definition) is 3. The predicted octanol–water partition coefficient (Wildman–Crippen LogP) is 4.19. The van der Waals surface area contributed by atoms with Crippen LogP contribution in [0.3, 0.4) is 0 Å². The highest BCUT2D eigenvalue weighted by Gasteiger charge is 2.21. The Morgan fingerprint density at radius 1 is 1.00 bits per heavy atom. The molecule has 0 fully saturated rings. The molecule has 2 aromatic heterocycles. The number of H-pyrrole nitrogens is 1. The van der Waals surface area contributed by atoms with Gasteiger partial charge in [0.05, 0.1) is 11.0 Å². The molecule has 5 rings (SSSR count). The molecule has 5 aromatic rings. The first-order chi connectivity index (χ1) is 16.1. The number of aromatic amines is 1. The molecule has 7 nitrogen and oxygen atoms in total. The molecule has 7 heteroatoms. The van der Waals surface area contributed by atoms with Crippen LogP contribution in [0.15, 0.2) is 85.3 Å². The molecule has 0 aliphatic carbocycles. The molecule has 0 saturated heterocycles. The topological polar surface area (TPSA) is 91.8 Å². The first kappa shape index (κ1) is 20.5. The largest absolute Gasteiger partial charge is 0.361 e. The number of carbonyl (C=O) groups is 2. The zero-order chi connectivity index (χ0) is 22.8. The van der Waals surface area contributed by atoms with Crippen LogP contribution in [-0.2, 0) is 16.0 Å². The van der Waals surface area contributed by atoms with E-state index in [4.69, 9.17) is 0 Å². The Labute approximate surface area is 190 Å². The molecule has 0 radical (unpaired) electrons. The number of para-hydroxylation sites is 3. The third-order valence-electron chi connectivity index (χ3n) is 5.66. The van der Waals surface area contributed by atoms with E-state index < -0.39 is 6.04 Å². The molecule has 2 heterocycles. The van der Waals surface area contributed by atoms with Gasteiger partial charge in [0.15, 0.2) is 0 Å². The van der Waals surface area contributed by atoms with Gasteiger partial charge in [0.1, 0.15) is 12.4 Å². The molecule has 3 N–H and O–H groups in total. The summed E-state index contributed by atoms with van der Waals surface area (Å²) in [6, 6.07) is 22.7. The Morgan fingerprint density at radius 3 is 2.58 bits per heavy atom. The van der Waals surface area contributed by atoms with Gasteiger partial charge >= 0.3 is 0 Å². The highest BCUT2D eigenvalue weighted by molar-refractivity contribution is 5.97. The maximum absolute atomic E-state index is 13.0. The summed E-state index contributed by atoms with van der Waals surface area (Å²) in [5.74, 6) is -0.520. The van der Waals surface area contributed by atoms with E-state index in [1.54, 1.807) is 6.33 Å². The Bertz CT molecular complexity index is 1450. The normalized spacial score (nSPS) is 12.0. The van der Waals surface area contributed by atoms with Gasteiger partial charge in [0.2, 0.25) is 11.8 Å². The van der Waals surface area contributed by atoms with Crippen molar-refractivity contribution in [1.29, 1.82) is 0 Å². The zero-order valence-corrected chi connectivity index (χ0v) is 18.1. The van der Waals surface area contributed by atoms with Crippen LogP contribution in [0.25, 0.3) is 27.6 Å². The van der Waals surface area contributed by atoms with Crippen molar-refractivity contribution in [2.24, 2.45) is 0 Å². The lowest BCUT2D eigenvalue weighted by molar-refractivity contribution is -0.125. The molecular formula is C26H23N5O2. The van der Waals surface area contributed by atoms with Crippen molar-refractivity contribution in [3.63, 3.8) is 0 Å². The van der Waals surface area contributed by atoms with Gasteiger partial charge in [0, 0.05) is 41.8 Å². The van der Waals surface area contributed by atoms with Crippen molar-refractivity contribution in [2.75, 3.05) is 5.32 Å². The molecule has 0 aliphatic heterocycles. The number of anilines is 1. The summed E-state index contributed by atoms with van der Waals surface area (Å²) in [6.45, 7) is 1.42. The summed E-state index contributed by atoms with van der Waals surface area (Å²) in [6.07, 6.45) is 4.05. The third-order valence-corrected chi connectivity index (χ3v) is 5.66. The summed E-state index contributed by atoms with van der Waals surface area (Å²) < 4.78 is 2.00. The van der Waals surface area contributed by atoms with Gasteiger partial charge < -0.3 is 15.6 Å². The maximum atomic E-state index is 13.0. The van der Waals surface area contributed by atoms with E-state index in [-0.39, 0.29) is 11.8 Å². The van der Waals surface area contributed by atoms with Crippen molar-refractivity contribution in [2.45, 2.75) is 19.4 Å². The second-order valence-electron chi connectivity index (χ2n) is 7.96. The average molecular weight is 438 g/mol. The fourth-order valence-corrected chi connectivity index (χ4v) is 4.07. The minimum absolute atomic E-state index is 0.252. The molecule has 2 amide bonds. The Hall–Kier alpha value is -4.39. The van der Waals surface area contributed by atoms with Crippen molar-refractivity contribution in [1.82, 2.24) is 19.9 Å². The predicted molar refractivity (Wildman–Crippen MR) is 129 cm³/mol. The van der Waals surface area contributed by atoms with Crippen LogP contribution in [0.5, 0.6) is 0 Å². The number of nitrogens with one attached hydrogen (secondary N) is 3. The fraction of sp³-hybridized carbons (Fsp3) is 0.115. The zero-order valence-electron chi connectivity index (χ0n) is 18.1. The molecule has 3 aromatic carbocycles. The van der Waals surface area contributed by atoms with E-state index in [9.17, 15) is 9.59 Å². The summed E-state index contributed by atoms with van der Waals surface area (Å²) in [4.78, 5) is 32.5. The number of carbonyl (C=O) groups excluding carboxylic acids is 2. The Morgan fingerprint density at radius 2 is 1.76 bits per heavy atom. The lowest BCUT2D eigenvalue weighted by Crippen LogP contribution is -2.44. The van der Waals surface area contributed by atoms with Crippen LogP contribution in [0.4, 0.5) is 5.69 Å². The van der Waals surface area contributed by atoms with Gasteiger partial charge in [-0.25, -0.2) is 4.98 Å². The quantitative estimate of drug-likeness (QED) is 0.372. The molecule has 0 aliphatic rings. The highest BCUT2D eigenvalue weighted by Crippen LogP contribution is 2.21. The molecule has 0 bridgehead atoms. The molecule has 0 saturated carbocycles. The third kappa shape index (κ3) is 4.21. The number of aromatic nitrogens is 3.